The van der Waals surface area contributed by atoms with Crippen molar-refractivity contribution in [3.8, 4) is 0 Å². The van der Waals surface area contributed by atoms with Crippen LogP contribution in [0.15, 0.2) is 24.5 Å². The van der Waals surface area contributed by atoms with Gasteiger partial charge in [0.15, 0.2) is 11.5 Å². The average Bonchev–Trinajstić information content (AvgIpc) is 3.34. The summed E-state index contributed by atoms with van der Waals surface area (Å²) in [5, 5.41) is 17.6. The minimum absolute atomic E-state index is 0.326. The minimum atomic E-state index is 0.326. The summed E-state index contributed by atoms with van der Waals surface area (Å²) in [5.41, 5.74) is 2.61. The van der Waals surface area contributed by atoms with Crippen molar-refractivity contribution in [3.63, 3.8) is 0 Å². The predicted molar refractivity (Wildman–Crippen MR) is 101 cm³/mol. The van der Waals surface area contributed by atoms with Gasteiger partial charge in [-0.25, -0.2) is 4.98 Å². The van der Waals surface area contributed by atoms with Crippen molar-refractivity contribution in [1.29, 1.82) is 0 Å². The Labute approximate surface area is 161 Å². The standard InChI is InChI=1S/C18H21N9O/c1-12-3-4-15-22-23-17(26(15)24-12)13-5-7-25(8-6-13)16-9-14(10-28-2)21-18-19-11-20-27(16)18/h3-4,9,11,13H,5-8,10H2,1-2H3. The van der Waals surface area contributed by atoms with E-state index in [0.717, 1.165) is 54.6 Å². The lowest BCUT2D eigenvalue weighted by Crippen LogP contribution is -2.35. The molecule has 0 aromatic carbocycles. The Bertz CT molecular complexity index is 1130. The first-order valence-electron chi connectivity index (χ1n) is 9.35. The van der Waals surface area contributed by atoms with Gasteiger partial charge in [0.2, 0.25) is 0 Å². The smallest absolute Gasteiger partial charge is 0.254 e. The number of hydrogen-bond acceptors (Lipinski definition) is 8. The molecule has 1 fully saturated rings. The van der Waals surface area contributed by atoms with E-state index in [4.69, 9.17) is 4.74 Å². The van der Waals surface area contributed by atoms with Crippen LogP contribution in [0.3, 0.4) is 0 Å². The second-order valence-corrected chi connectivity index (χ2v) is 7.07. The monoisotopic (exact) mass is 379 g/mol. The zero-order valence-electron chi connectivity index (χ0n) is 15.9. The molecule has 0 amide bonds. The van der Waals surface area contributed by atoms with Gasteiger partial charge in [-0.2, -0.15) is 24.2 Å². The lowest BCUT2D eigenvalue weighted by Gasteiger charge is -2.32. The summed E-state index contributed by atoms with van der Waals surface area (Å²) in [6, 6.07) is 5.95. The Balaban J connectivity index is 1.41. The maximum Gasteiger partial charge on any atom is 0.254 e. The molecule has 0 bridgehead atoms. The molecule has 1 saturated heterocycles. The molecule has 0 N–H and O–H groups in total. The van der Waals surface area contributed by atoms with E-state index in [9.17, 15) is 0 Å². The summed E-state index contributed by atoms with van der Waals surface area (Å²) in [7, 11) is 1.67. The highest BCUT2D eigenvalue weighted by Gasteiger charge is 2.27. The summed E-state index contributed by atoms with van der Waals surface area (Å²) in [5.74, 6) is 2.86. The molecule has 0 unspecified atom stereocenters. The fourth-order valence-corrected chi connectivity index (χ4v) is 3.81. The highest BCUT2D eigenvalue weighted by Crippen LogP contribution is 2.30. The van der Waals surface area contributed by atoms with Gasteiger partial charge in [-0.3, -0.25) is 0 Å². The van der Waals surface area contributed by atoms with E-state index in [1.807, 2.05) is 29.6 Å². The maximum absolute atomic E-state index is 5.25. The molecule has 0 atom stereocenters. The number of fused-ring (bicyclic) bond motifs is 2. The van der Waals surface area contributed by atoms with E-state index >= 15 is 0 Å². The summed E-state index contributed by atoms with van der Waals surface area (Å²) in [4.78, 5) is 11.1. The van der Waals surface area contributed by atoms with Crippen LogP contribution in [0.2, 0.25) is 0 Å². The van der Waals surface area contributed by atoms with Crippen LogP contribution in [-0.4, -0.2) is 59.6 Å². The largest absolute Gasteiger partial charge is 0.378 e. The number of piperidine rings is 1. The lowest BCUT2D eigenvalue weighted by atomic mass is 9.96. The molecule has 10 nitrogen and oxygen atoms in total. The van der Waals surface area contributed by atoms with Gasteiger partial charge in [-0.15, -0.1) is 10.2 Å². The zero-order chi connectivity index (χ0) is 19.1. The van der Waals surface area contributed by atoms with Gasteiger partial charge in [-0.05, 0) is 31.9 Å². The maximum atomic E-state index is 5.25. The van der Waals surface area contributed by atoms with Gasteiger partial charge in [0, 0.05) is 32.2 Å². The summed E-state index contributed by atoms with van der Waals surface area (Å²) in [6.45, 7) is 4.20. The van der Waals surface area contributed by atoms with E-state index in [1.54, 1.807) is 11.6 Å². The summed E-state index contributed by atoms with van der Waals surface area (Å²) >= 11 is 0. The van der Waals surface area contributed by atoms with E-state index in [1.165, 1.54) is 6.33 Å². The first kappa shape index (κ1) is 17.0. The molecule has 0 aliphatic carbocycles. The molecule has 4 aromatic rings. The summed E-state index contributed by atoms with van der Waals surface area (Å²) < 4.78 is 8.92. The molecule has 1 aliphatic rings. The fraction of sp³-hybridized carbons (Fsp3) is 0.444. The Morgan fingerprint density at radius 2 is 2.00 bits per heavy atom. The number of anilines is 1. The molecular weight excluding hydrogens is 358 g/mol. The quantitative estimate of drug-likeness (QED) is 0.525. The molecule has 144 valence electrons. The molecule has 4 aromatic heterocycles. The van der Waals surface area contributed by atoms with Crippen molar-refractivity contribution in [1.82, 2.24) is 39.4 Å². The van der Waals surface area contributed by atoms with Crippen LogP contribution in [0.1, 0.15) is 36.0 Å². The third-order valence-electron chi connectivity index (χ3n) is 5.18. The number of rotatable bonds is 4. The van der Waals surface area contributed by atoms with Crippen LogP contribution in [0.5, 0.6) is 0 Å². The molecule has 0 saturated carbocycles. The van der Waals surface area contributed by atoms with Crippen molar-refractivity contribution >= 4 is 17.2 Å². The highest BCUT2D eigenvalue weighted by atomic mass is 16.5. The van der Waals surface area contributed by atoms with Crippen molar-refractivity contribution in [2.75, 3.05) is 25.1 Å². The SMILES string of the molecule is COCc1cc(N2CCC(c3nnc4ccc(C)nn34)CC2)n2ncnc2n1. The third-order valence-corrected chi connectivity index (χ3v) is 5.18. The second kappa shape index (κ2) is 6.79. The molecule has 28 heavy (non-hydrogen) atoms. The normalized spacial score (nSPS) is 15.7. The fourth-order valence-electron chi connectivity index (χ4n) is 3.81. The van der Waals surface area contributed by atoms with Crippen molar-refractivity contribution in [2.24, 2.45) is 0 Å². The third kappa shape index (κ3) is 2.85. The van der Waals surface area contributed by atoms with Gasteiger partial charge in [0.1, 0.15) is 12.1 Å². The number of aromatic nitrogens is 8. The Kier molecular flexibility index (Phi) is 4.12. The molecule has 5 heterocycles. The molecule has 10 heteroatoms. The van der Waals surface area contributed by atoms with Crippen molar-refractivity contribution in [3.05, 3.63) is 41.7 Å². The minimum Gasteiger partial charge on any atom is -0.378 e. The van der Waals surface area contributed by atoms with E-state index < -0.39 is 0 Å². The van der Waals surface area contributed by atoms with Crippen molar-refractivity contribution < 1.29 is 4.74 Å². The molecular formula is C18H21N9O. The summed E-state index contributed by atoms with van der Waals surface area (Å²) in [6.07, 6.45) is 3.47. The van der Waals surface area contributed by atoms with E-state index in [-0.39, 0.29) is 0 Å². The number of nitrogens with zero attached hydrogens (tertiary/aromatic N) is 9. The van der Waals surface area contributed by atoms with Gasteiger partial charge in [0.25, 0.3) is 5.78 Å². The van der Waals surface area contributed by atoms with E-state index in [2.05, 4.69) is 35.3 Å². The average molecular weight is 379 g/mol. The molecule has 0 spiro atoms. The number of methoxy groups -OCH3 is 1. The van der Waals surface area contributed by atoms with E-state index in [0.29, 0.717) is 18.3 Å². The van der Waals surface area contributed by atoms with Crippen molar-refractivity contribution in [2.45, 2.75) is 32.3 Å². The topological polar surface area (TPSA) is 98.6 Å². The molecule has 5 rings (SSSR count). The van der Waals surface area contributed by atoms with Crippen LogP contribution >= 0.6 is 0 Å². The molecule has 1 aliphatic heterocycles. The predicted octanol–water partition coefficient (Wildman–Crippen LogP) is 1.40. The molecule has 0 radical (unpaired) electrons. The van der Waals surface area contributed by atoms with Crippen LogP contribution < -0.4 is 4.90 Å². The number of ether oxygens (including phenoxy) is 1. The lowest BCUT2D eigenvalue weighted by molar-refractivity contribution is 0.181. The van der Waals surface area contributed by atoms with Gasteiger partial charge < -0.3 is 9.64 Å². The van der Waals surface area contributed by atoms with Crippen LogP contribution in [-0.2, 0) is 11.3 Å². The van der Waals surface area contributed by atoms with Gasteiger partial charge >= 0.3 is 0 Å². The van der Waals surface area contributed by atoms with Crippen LogP contribution in [0.4, 0.5) is 5.82 Å². The Morgan fingerprint density at radius 3 is 2.82 bits per heavy atom. The number of hydrogen-bond donors (Lipinski definition) is 0. The Hall–Kier alpha value is -3.14. The van der Waals surface area contributed by atoms with Crippen LogP contribution in [0.25, 0.3) is 11.4 Å². The zero-order valence-corrected chi connectivity index (χ0v) is 15.9. The first-order chi connectivity index (χ1) is 13.7. The van der Waals surface area contributed by atoms with Gasteiger partial charge in [-0.1, -0.05) is 0 Å². The number of aryl methyl sites for hydroxylation is 1. The first-order valence-corrected chi connectivity index (χ1v) is 9.35. The van der Waals surface area contributed by atoms with Gasteiger partial charge in [0.05, 0.1) is 18.0 Å². The van der Waals surface area contributed by atoms with Crippen LogP contribution in [0, 0.1) is 6.92 Å². The Morgan fingerprint density at radius 1 is 1.14 bits per heavy atom. The second-order valence-electron chi connectivity index (χ2n) is 7.07. The highest BCUT2D eigenvalue weighted by molar-refractivity contribution is 5.48.